The van der Waals surface area contributed by atoms with Crippen molar-refractivity contribution in [2.24, 2.45) is 5.92 Å². The number of fused-ring (bicyclic) bond motifs is 1. The van der Waals surface area contributed by atoms with E-state index in [2.05, 4.69) is 27.7 Å². The number of anilines is 1. The van der Waals surface area contributed by atoms with Crippen LogP contribution in [0.5, 0.6) is 0 Å². The number of thioether (sulfide) groups is 1. The molecule has 1 aromatic rings. The number of nitrogens with zero attached hydrogens (tertiary/aromatic N) is 2. The molecular formula is C19H27N3OS. The van der Waals surface area contributed by atoms with Gasteiger partial charge < -0.3 is 10.8 Å². The highest BCUT2D eigenvalue weighted by molar-refractivity contribution is 7.99. The molecule has 3 N–H and O–H groups in total. The van der Waals surface area contributed by atoms with Gasteiger partial charge in [0.25, 0.3) is 0 Å². The van der Waals surface area contributed by atoms with Crippen LogP contribution in [0.15, 0.2) is 18.3 Å². The fourth-order valence-electron chi connectivity index (χ4n) is 4.25. The average Bonchev–Trinajstić information content (AvgIpc) is 3.28. The summed E-state index contributed by atoms with van der Waals surface area (Å²) in [6.45, 7) is 2.66. The Balaban J connectivity index is 1.33. The topological polar surface area (TPSA) is 62.4 Å². The smallest absolute Gasteiger partial charge is 0.0727 e. The Hall–Kier alpha value is -1.04. The summed E-state index contributed by atoms with van der Waals surface area (Å²) in [5.41, 5.74) is 10.4. The van der Waals surface area contributed by atoms with Gasteiger partial charge in [-0.3, -0.25) is 9.88 Å². The van der Waals surface area contributed by atoms with Crippen molar-refractivity contribution < 1.29 is 5.11 Å². The van der Waals surface area contributed by atoms with Crippen molar-refractivity contribution in [2.75, 3.05) is 31.1 Å². The predicted octanol–water partition coefficient (Wildman–Crippen LogP) is 2.57. The highest BCUT2D eigenvalue weighted by atomic mass is 32.2. The highest BCUT2D eigenvalue weighted by Gasteiger charge is 2.33. The van der Waals surface area contributed by atoms with Crippen LogP contribution in [0, 0.1) is 5.92 Å². The minimum absolute atomic E-state index is 0.186. The normalized spacial score (nSPS) is 27.6. The Morgan fingerprint density at radius 3 is 2.96 bits per heavy atom. The van der Waals surface area contributed by atoms with Crippen molar-refractivity contribution in [3.05, 3.63) is 29.6 Å². The summed E-state index contributed by atoms with van der Waals surface area (Å²) >= 11 is 2.09. The number of nitrogens with two attached hydrogens (primary N) is 1. The van der Waals surface area contributed by atoms with E-state index in [0.29, 0.717) is 5.92 Å². The third kappa shape index (κ3) is 3.35. The highest BCUT2D eigenvalue weighted by Crippen LogP contribution is 2.34. The summed E-state index contributed by atoms with van der Waals surface area (Å²) < 4.78 is 0. The lowest BCUT2D eigenvalue weighted by molar-refractivity contribution is 0.151. The van der Waals surface area contributed by atoms with Crippen LogP contribution in [0.4, 0.5) is 5.69 Å². The second kappa shape index (κ2) is 7.06. The monoisotopic (exact) mass is 345 g/mol. The van der Waals surface area contributed by atoms with Gasteiger partial charge in [-0.2, -0.15) is 11.8 Å². The van der Waals surface area contributed by atoms with E-state index >= 15 is 0 Å². The molecule has 2 heterocycles. The van der Waals surface area contributed by atoms with E-state index in [4.69, 9.17) is 5.73 Å². The first-order valence-corrected chi connectivity index (χ1v) is 10.2. The third-order valence-corrected chi connectivity index (χ3v) is 7.24. The van der Waals surface area contributed by atoms with Crippen LogP contribution in [0.3, 0.4) is 0 Å². The fraction of sp³-hybridized carbons (Fsp3) is 0.632. The van der Waals surface area contributed by atoms with E-state index in [9.17, 15) is 5.11 Å². The molecule has 1 aliphatic heterocycles. The summed E-state index contributed by atoms with van der Waals surface area (Å²) in [4.78, 5) is 6.91. The maximum absolute atomic E-state index is 10.4. The lowest BCUT2D eigenvalue weighted by Gasteiger charge is -2.17. The molecule has 4 rings (SSSR count). The number of allylic oxidation sites excluding steroid dienone is 1. The van der Waals surface area contributed by atoms with Crippen LogP contribution in [0.1, 0.15) is 36.9 Å². The zero-order valence-corrected chi connectivity index (χ0v) is 15.0. The number of hydrogen-bond acceptors (Lipinski definition) is 5. The van der Waals surface area contributed by atoms with Crippen molar-refractivity contribution in [3.63, 3.8) is 0 Å². The van der Waals surface area contributed by atoms with Crippen molar-refractivity contribution in [3.8, 4) is 0 Å². The van der Waals surface area contributed by atoms with Gasteiger partial charge in [-0.05, 0) is 30.9 Å². The Morgan fingerprint density at radius 1 is 1.29 bits per heavy atom. The Labute approximate surface area is 148 Å². The lowest BCUT2D eigenvalue weighted by atomic mass is 10.1. The second-order valence-corrected chi connectivity index (χ2v) is 8.76. The maximum Gasteiger partial charge on any atom is 0.0727 e. The molecule has 2 atom stereocenters. The summed E-state index contributed by atoms with van der Waals surface area (Å²) in [5, 5.41) is 11.3. The molecule has 0 radical (unpaired) electrons. The van der Waals surface area contributed by atoms with Gasteiger partial charge in [0.2, 0.25) is 0 Å². The molecule has 1 saturated carbocycles. The van der Waals surface area contributed by atoms with Crippen molar-refractivity contribution >= 4 is 23.0 Å². The quantitative estimate of drug-likeness (QED) is 0.859. The molecule has 1 aromatic heterocycles. The Morgan fingerprint density at radius 2 is 2.12 bits per heavy atom. The Kier molecular flexibility index (Phi) is 4.83. The SMILES string of the molecule is Nc1ccnc2c1CC=C2CN1CC(O)[C@@H](CSC2CCCC2)C1. The van der Waals surface area contributed by atoms with Gasteiger partial charge in [-0.25, -0.2) is 0 Å². The number of hydrogen-bond donors (Lipinski definition) is 2. The van der Waals surface area contributed by atoms with Crippen LogP contribution in [-0.2, 0) is 6.42 Å². The van der Waals surface area contributed by atoms with Gasteiger partial charge >= 0.3 is 0 Å². The first kappa shape index (κ1) is 16.4. The summed E-state index contributed by atoms with van der Waals surface area (Å²) in [6, 6.07) is 1.88. The molecule has 2 aliphatic carbocycles. The lowest BCUT2D eigenvalue weighted by Crippen LogP contribution is -2.24. The summed E-state index contributed by atoms with van der Waals surface area (Å²) in [6.07, 6.45) is 10.3. The first-order valence-electron chi connectivity index (χ1n) is 9.15. The number of nitrogen functional groups attached to an aromatic ring is 1. The molecule has 130 valence electrons. The van der Waals surface area contributed by atoms with Gasteiger partial charge in [-0.1, -0.05) is 18.9 Å². The van der Waals surface area contributed by atoms with Gasteiger partial charge in [0.05, 0.1) is 11.8 Å². The third-order valence-electron chi connectivity index (χ3n) is 5.67. The van der Waals surface area contributed by atoms with E-state index in [0.717, 1.165) is 48.4 Å². The number of aromatic nitrogens is 1. The van der Waals surface area contributed by atoms with E-state index in [1.807, 2.05) is 6.07 Å². The van der Waals surface area contributed by atoms with Crippen LogP contribution >= 0.6 is 11.8 Å². The largest absolute Gasteiger partial charge is 0.398 e. The first-order chi connectivity index (χ1) is 11.7. The summed E-state index contributed by atoms with van der Waals surface area (Å²) in [5.74, 6) is 1.51. The fourth-order valence-corrected chi connectivity index (χ4v) is 5.76. The second-order valence-electron chi connectivity index (χ2n) is 7.42. The van der Waals surface area contributed by atoms with Gasteiger partial charge in [0.1, 0.15) is 0 Å². The van der Waals surface area contributed by atoms with Crippen LogP contribution < -0.4 is 5.73 Å². The molecular weight excluding hydrogens is 318 g/mol. The maximum atomic E-state index is 10.4. The molecule has 0 aromatic carbocycles. The van der Waals surface area contributed by atoms with Crippen LogP contribution in [0.2, 0.25) is 0 Å². The minimum Gasteiger partial charge on any atom is -0.398 e. The standard InChI is InChI=1S/C19H27N3OS/c20-17-7-8-21-19-13(5-6-16(17)19)9-22-10-14(18(23)11-22)12-24-15-3-1-2-4-15/h5,7-8,14-15,18,23H,1-4,6,9-12H2,(H2,20,21)/t14-,18?/m1/s1. The van der Waals surface area contributed by atoms with Gasteiger partial charge in [0.15, 0.2) is 0 Å². The molecule has 3 aliphatic rings. The van der Waals surface area contributed by atoms with Crippen molar-refractivity contribution in [2.45, 2.75) is 43.5 Å². The van der Waals surface area contributed by atoms with Gasteiger partial charge in [-0.15, -0.1) is 0 Å². The molecule has 4 nitrogen and oxygen atoms in total. The molecule has 1 saturated heterocycles. The molecule has 1 unspecified atom stereocenters. The molecule has 0 amide bonds. The molecule has 2 fully saturated rings. The molecule has 0 bridgehead atoms. The van der Waals surface area contributed by atoms with Crippen LogP contribution in [-0.4, -0.2) is 51.7 Å². The van der Waals surface area contributed by atoms with E-state index < -0.39 is 0 Å². The number of aliphatic hydroxyl groups is 1. The van der Waals surface area contributed by atoms with Crippen molar-refractivity contribution in [1.29, 1.82) is 0 Å². The number of rotatable bonds is 5. The molecule has 0 spiro atoms. The molecule has 24 heavy (non-hydrogen) atoms. The van der Waals surface area contributed by atoms with Gasteiger partial charge in [0, 0.05) is 54.0 Å². The number of β-amino-alcohol motifs (C(OH)–C–C–N with tert-alkyl or cyclic N) is 1. The average molecular weight is 346 g/mol. The number of aliphatic hydroxyl groups excluding tert-OH is 1. The zero-order valence-electron chi connectivity index (χ0n) is 14.2. The predicted molar refractivity (Wildman–Crippen MR) is 101 cm³/mol. The van der Waals surface area contributed by atoms with Crippen molar-refractivity contribution in [1.82, 2.24) is 9.88 Å². The van der Waals surface area contributed by atoms with E-state index in [1.54, 1.807) is 6.20 Å². The number of pyridine rings is 1. The Bertz CT molecular complexity index is 627. The van der Waals surface area contributed by atoms with E-state index in [1.165, 1.54) is 36.8 Å². The van der Waals surface area contributed by atoms with Crippen LogP contribution in [0.25, 0.3) is 5.57 Å². The number of likely N-dealkylation sites (tertiary alicyclic amines) is 1. The zero-order chi connectivity index (χ0) is 16.5. The minimum atomic E-state index is -0.186. The molecule has 5 heteroatoms. The summed E-state index contributed by atoms with van der Waals surface area (Å²) in [7, 11) is 0. The van der Waals surface area contributed by atoms with E-state index in [-0.39, 0.29) is 6.10 Å².